The lowest BCUT2D eigenvalue weighted by atomic mass is 10.2. The zero-order valence-electron chi connectivity index (χ0n) is 11.1. The summed E-state index contributed by atoms with van der Waals surface area (Å²) < 4.78 is 27.2. The number of hydrogen-bond donors (Lipinski definition) is 3. The van der Waals surface area contributed by atoms with Gasteiger partial charge in [-0.25, -0.2) is 13.1 Å². The molecule has 1 heterocycles. The first-order valence-corrected chi connectivity index (χ1v) is 8.93. The minimum Gasteiger partial charge on any atom is -0.324 e. The molecule has 10 heteroatoms. The Morgan fingerprint density at radius 1 is 1.43 bits per heavy atom. The van der Waals surface area contributed by atoms with E-state index in [2.05, 4.69) is 10.1 Å². The molecule has 1 aliphatic heterocycles. The van der Waals surface area contributed by atoms with E-state index in [1.807, 2.05) is 0 Å². The zero-order chi connectivity index (χ0) is 15.5. The van der Waals surface area contributed by atoms with Crippen LogP contribution >= 0.6 is 11.8 Å². The van der Waals surface area contributed by atoms with Gasteiger partial charge in [0, 0.05) is 17.9 Å². The van der Waals surface area contributed by atoms with Crippen molar-refractivity contribution in [1.29, 1.82) is 0 Å². The summed E-state index contributed by atoms with van der Waals surface area (Å²) in [6, 6.07) is 3.48. The number of hydrogen-bond acceptors (Lipinski definition) is 7. The Hall–Kier alpha value is -1.36. The molecule has 1 fully saturated rings. The molecule has 0 aromatic heterocycles. The van der Waals surface area contributed by atoms with E-state index >= 15 is 0 Å². The van der Waals surface area contributed by atoms with Crippen LogP contribution < -0.4 is 16.0 Å². The highest BCUT2D eigenvalue weighted by molar-refractivity contribution is 7.99. The van der Waals surface area contributed by atoms with Crippen LogP contribution in [0.4, 0.5) is 11.4 Å². The van der Waals surface area contributed by atoms with E-state index in [4.69, 9.17) is 5.84 Å². The fourth-order valence-corrected chi connectivity index (χ4v) is 4.69. The van der Waals surface area contributed by atoms with Crippen LogP contribution in [-0.4, -0.2) is 30.9 Å². The van der Waals surface area contributed by atoms with Gasteiger partial charge in [-0.1, -0.05) is 0 Å². The van der Waals surface area contributed by atoms with Gasteiger partial charge in [0.1, 0.15) is 0 Å². The van der Waals surface area contributed by atoms with Crippen LogP contribution in [0.2, 0.25) is 0 Å². The lowest BCUT2D eigenvalue weighted by Gasteiger charge is -2.22. The Morgan fingerprint density at radius 2 is 2.19 bits per heavy atom. The molecule has 0 amide bonds. The maximum Gasteiger partial charge on any atom is 0.291 e. The van der Waals surface area contributed by atoms with Crippen molar-refractivity contribution in [2.24, 2.45) is 5.84 Å². The Morgan fingerprint density at radius 3 is 2.76 bits per heavy atom. The van der Waals surface area contributed by atoms with Crippen LogP contribution in [0, 0.1) is 10.1 Å². The van der Waals surface area contributed by atoms with Crippen molar-refractivity contribution in [1.82, 2.24) is 4.72 Å². The van der Waals surface area contributed by atoms with Crippen LogP contribution in [0.25, 0.3) is 0 Å². The SMILES string of the molecule is NNc1ccc(S(=O)(=O)NC2CCCSC2)c([N+](=O)[O-])c1. The van der Waals surface area contributed by atoms with E-state index in [1.165, 1.54) is 12.1 Å². The smallest absolute Gasteiger partial charge is 0.291 e. The zero-order valence-corrected chi connectivity index (χ0v) is 12.7. The molecule has 0 radical (unpaired) electrons. The summed E-state index contributed by atoms with van der Waals surface area (Å²) in [5.74, 6) is 6.87. The number of nitrogen functional groups attached to an aromatic ring is 1. The third kappa shape index (κ3) is 3.84. The van der Waals surface area contributed by atoms with Gasteiger partial charge in [-0.15, -0.1) is 0 Å². The van der Waals surface area contributed by atoms with Crippen molar-refractivity contribution in [3.8, 4) is 0 Å². The van der Waals surface area contributed by atoms with Crippen LogP contribution in [0.3, 0.4) is 0 Å². The van der Waals surface area contributed by atoms with Gasteiger partial charge in [0.2, 0.25) is 10.0 Å². The number of anilines is 1. The highest BCUT2D eigenvalue weighted by Crippen LogP contribution is 2.28. The monoisotopic (exact) mass is 332 g/mol. The quantitative estimate of drug-likeness (QED) is 0.418. The Bertz CT molecular complexity index is 629. The third-order valence-electron chi connectivity index (χ3n) is 3.09. The van der Waals surface area contributed by atoms with Gasteiger partial charge in [0.15, 0.2) is 4.90 Å². The molecule has 1 aromatic carbocycles. The lowest BCUT2D eigenvalue weighted by molar-refractivity contribution is -0.387. The predicted molar refractivity (Wildman–Crippen MR) is 81.6 cm³/mol. The van der Waals surface area contributed by atoms with E-state index in [-0.39, 0.29) is 16.6 Å². The van der Waals surface area contributed by atoms with Crippen molar-refractivity contribution < 1.29 is 13.3 Å². The second kappa shape index (κ2) is 6.60. The van der Waals surface area contributed by atoms with E-state index in [1.54, 1.807) is 11.8 Å². The summed E-state index contributed by atoms with van der Waals surface area (Å²) in [6.07, 6.45) is 1.67. The van der Waals surface area contributed by atoms with Crippen LogP contribution in [0.5, 0.6) is 0 Å². The normalized spacial score (nSPS) is 19.2. The molecule has 4 N–H and O–H groups in total. The molecule has 0 bridgehead atoms. The van der Waals surface area contributed by atoms with Crippen molar-refractivity contribution in [3.05, 3.63) is 28.3 Å². The third-order valence-corrected chi connectivity index (χ3v) is 5.88. The second-order valence-electron chi connectivity index (χ2n) is 4.62. The Balaban J connectivity index is 2.32. The van der Waals surface area contributed by atoms with Gasteiger partial charge in [-0.2, -0.15) is 11.8 Å². The summed E-state index contributed by atoms with van der Waals surface area (Å²) in [5.41, 5.74) is 2.03. The van der Waals surface area contributed by atoms with Gasteiger partial charge in [-0.3, -0.25) is 16.0 Å². The first-order chi connectivity index (χ1) is 9.94. The number of nitro groups is 1. The topological polar surface area (TPSA) is 127 Å². The number of sulfonamides is 1. The van der Waals surface area contributed by atoms with E-state index in [0.717, 1.165) is 24.7 Å². The molecular formula is C11H16N4O4S2. The molecule has 0 spiro atoms. The fraction of sp³-hybridized carbons (Fsp3) is 0.455. The summed E-state index contributed by atoms with van der Waals surface area (Å²) in [6.45, 7) is 0. The van der Waals surface area contributed by atoms with Gasteiger partial charge in [-0.05, 0) is 30.7 Å². The first kappa shape index (κ1) is 16.0. The number of nitrogens with two attached hydrogens (primary N) is 1. The molecule has 0 aliphatic carbocycles. The number of nitrogens with one attached hydrogen (secondary N) is 2. The molecule has 116 valence electrons. The molecule has 1 aromatic rings. The minimum atomic E-state index is -3.93. The summed E-state index contributed by atoms with van der Waals surface area (Å²) in [7, 11) is -3.93. The maximum atomic E-state index is 12.3. The van der Waals surface area contributed by atoms with Gasteiger partial charge in [0.05, 0.1) is 10.6 Å². The van der Waals surface area contributed by atoms with Gasteiger partial charge >= 0.3 is 0 Å². The lowest BCUT2D eigenvalue weighted by Crippen LogP contribution is -2.38. The van der Waals surface area contributed by atoms with E-state index < -0.39 is 20.6 Å². The molecule has 1 unspecified atom stereocenters. The predicted octanol–water partition coefficient (Wildman–Crippen LogP) is 1.05. The number of nitrogens with zero attached hydrogens (tertiary/aromatic N) is 1. The molecule has 8 nitrogen and oxygen atoms in total. The average molecular weight is 332 g/mol. The first-order valence-electron chi connectivity index (χ1n) is 6.29. The maximum absolute atomic E-state index is 12.3. The second-order valence-corrected chi connectivity index (χ2v) is 7.45. The molecular weight excluding hydrogens is 316 g/mol. The minimum absolute atomic E-state index is 0.194. The Labute approximate surface area is 126 Å². The van der Waals surface area contributed by atoms with Crippen molar-refractivity contribution >= 4 is 33.2 Å². The highest BCUT2D eigenvalue weighted by Gasteiger charge is 2.29. The molecule has 0 saturated carbocycles. The number of nitro benzene ring substituents is 1. The van der Waals surface area contributed by atoms with Crippen LogP contribution in [0.1, 0.15) is 12.8 Å². The van der Waals surface area contributed by atoms with Crippen molar-refractivity contribution in [3.63, 3.8) is 0 Å². The fourth-order valence-electron chi connectivity index (χ4n) is 2.09. The summed E-state index contributed by atoms with van der Waals surface area (Å²) >= 11 is 1.67. The molecule has 1 atom stereocenters. The van der Waals surface area contributed by atoms with Crippen LogP contribution in [-0.2, 0) is 10.0 Å². The van der Waals surface area contributed by atoms with Gasteiger partial charge < -0.3 is 5.43 Å². The van der Waals surface area contributed by atoms with E-state index in [9.17, 15) is 18.5 Å². The molecule has 21 heavy (non-hydrogen) atoms. The summed E-state index contributed by atoms with van der Waals surface area (Å²) in [4.78, 5) is 9.99. The standard InChI is InChI=1S/C11H16N4O4S2/c12-13-8-3-4-11(10(6-8)15(16)17)21(18,19)14-9-2-1-5-20-7-9/h3-4,6,9,13-14H,1-2,5,7,12H2. The number of benzene rings is 1. The largest absolute Gasteiger partial charge is 0.324 e. The highest BCUT2D eigenvalue weighted by atomic mass is 32.2. The number of thioether (sulfide) groups is 1. The molecule has 1 aliphatic rings. The Kier molecular flexibility index (Phi) is 5.04. The number of rotatable bonds is 5. The van der Waals surface area contributed by atoms with Gasteiger partial charge in [0.25, 0.3) is 5.69 Å². The molecule has 2 rings (SSSR count). The summed E-state index contributed by atoms with van der Waals surface area (Å²) in [5, 5.41) is 11.1. The van der Waals surface area contributed by atoms with Crippen molar-refractivity contribution in [2.75, 3.05) is 16.9 Å². The van der Waals surface area contributed by atoms with E-state index in [0.29, 0.717) is 5.75 Å². The van der Waals surface area contributed by atoms with Crippen molar-refractivity contribution in [2.45, 2.75) is 23.8 Å². The van der Waals surface area contributed by atoms with Crippen LogP contribution in [0.15, 0.2) is 23.1 Å². The number of hydrazine groups is 1. The molecule has 1 saturated heterocycles. The average Bonchev–Trinajstić information content (AvgIpc) is 2.47.